The summed E-state index contributed by atoms with van der Waals surface area (Å²) < 4.78 is 0. The molecule has 0 aromatic carbocycles. The highest BCUT2D eigenvalue weighted by Crippen LogP contribution is 2.13. The van der Waals surface area contributed by atoms with Gasteiger partial charge in [0, 0.05) is 24.5 Å². The van der Waals surface area contributed by atoms with Crippen LogP contribution in [-0.2, 0) is 0 Å². The molecule has 0 saturated heterocycles. The van der Waals surface area contributed by atoms with Gasteiger partial charge in [0.2, 0.25) is 0 Å². The van der Waals surface area contributed by atoms with Crippen LogP contribution < -0.4 is 11.1 Å². The molecule has 1 aromatic rings. The summed E-state index contributed by atoms with van der Waals surface area (Å²) >= 11 is 0. The third kappa shape index (κ3) is 2.41. The smallest absolute Gasteiger partial charge is 0.182 e. The Hall–Kier alpha value is -1.67. The third-order valence-electron chi connectivity index (χ3n) is 1.77. The molecule has 14 heavy (non-hydrogen) atoms. The molecule has 0 spiro atoms. The Morgan fingerprint density at radius 1 is 1.50 bits per heavy atom. The number of nitrogens with zero attached hydrogens (tertiary/aromatic N) is 3. The SMILES string of the molecule is CC(C)(CN)Nc1nccnc1C#N. The first-order valence-corrected chi connectivity index (χ1v) is 4.28. The minimum Gasteiger partial charge on any atom is -0.362 e. The van der Waals surface area contributed by atoms with Crippen LogP contribution in [0.4, 0.5) is 5.82 Å². The lowest BCUT2D eigenvalue weighted by Gasteiger charge is -2.24. The summed E-state index contributed by atoms with van der Waals surface area (Å²) in [6.45, 7) is 4.32. The van der Waals surface area contributed by atoms with Gasteiger partial charge in [-0.1, -0.05) is 0 Å². The van der Waals surface area contributed by atoms with Crippen molar-refractivity contribution in [3.05, 3.63) is 18.1 Å². The van der Waals surface area contributed by atoms with Crippen molar-refractivity contribution in [3.63, 3.8) is 0 Å². The minimum atomic E-state index is -0.290. The maximum absolute atomic E-state index is 8.76. The summed E-state index contributed by atoms with van der Waals surface area (Å²) in [5.74, 6) is 0.477. The van der Waals surface area contributed by atoms with Crippen molar-refractivity contribution >= 4 is 5.82 Å². The third-order valence-corrected chi connectivity index (χ3v) is 1.77. The van der Waals surface area contributed by atoms with Crippen LogP contribution in [-0.4, -0.2) is 22.1 Å². The molecule has 0 saturated carbocycles. The summed E-state index contributed by atoms with van der Waals surface area (Å²) in [6, 6.07) is 1.97. The zero-order valence-electron chi connectivity index (χ0n) is 8.28. The molecule has 0 fully saturated rings. The highest BCUT2D eigenvalue weighted by molar-refractivity contribution is 5.48. The summed E-state index contributed by atoms with van der Waals surface area (Å²) in [5.41, 5.74) is 5.55. The van der Waals surface area contributed by atoms with Crippen LogP contribution in [0.1, 0.15) is 19.5 Å². The molecule has 0 unspecified atom stereocenters. The van der Waals surface area contributed by atoms with Crippen LogP contribution in [0.3, 0.4) is 0 Å². The van der Waals surface area contributed by atoms with E-state index in [1.165, 1.54) is 12.4 Å². The number of hydrogen-bond acceptors (Lipinski definition) is 5. The number of hydrogen-bond donors (Lipinski definition) is 2. The van der Waals surface area contributed by atoms with Crippen molar-refractivity contribution in [1.82, 2.24) is 9.97 Å². The fraction of sp³-hybridized carbons (Fsp3) is 0.444. The van der Waals surface area contributed by atoms with Crippen LogP contribution >= 0.6 is 0 Å². The van der Waals surface area contributed by atoms with Gasteiger partial charge in [0.25, 0.3) is 0 Å². The standard InChI is InChI=1S/C9H13N5/c1-9(2,6-11)14-8-7(5-10)12-3-4-13-8/h3-4H,6,11H2,1-2H3,(H,13,14). The van der Waals surface area contributed by atoms with Gasteiger partial charge in [0.1, 0.15) is 6.07 Å². The van der Waals surface area contributed by atoms with Crippen LogP contribution in [0.2, 0.25) is 0 Å². The van der Waals surface area contributed by atoms with E-state index in [9.17, 15) is 0 Å². The first-order chi connectivity index (χ1) is 6.59. The van der Waals surface area contributed by atoms with Crippen LogP contribution in [0.5, 0.6) is 0 Å². The van der Waals surface area contributed by atoms with E-state index in [1.807, 2.05) is 19.9 Å². The van der Waals surface area contributed by atoms with E-state index in [2.05, 4.69) is 15.3 Å². The number of nitriles is 1. The van der Waals surface area contributed by atoms with Gasteiger partial charge in [0.15, 0.2) is 11.5 Å². The quantitative estimate of drug-likeness (QED) is 0.726. The van der Waals surface area contributed by atoms with Crippen molar-refractivity contribution in [1.29, 1.82) is 5.26 Å². The molecule has 0 amide bonds. The van der Waals surface area contributed by atoms with E-state index in [1.54, 1.807) is 0 Å². The zero-order valence-corrected chi connectivity index (χ0v) is 8.28. The van der Waals surface area contributed by atoms with Crippen molar-refractivity contribution < 1.29 is 0 Å². The number of nitrogens with one attached hydrogen (secondary N) is 1. The van der Waals surface area contributed by atoms with E-state index in [4.69, 9.17) is 11.0 Å². The Balaban J connectivity index is 2.92. The van der Waals surface area contributed by atoms with Gasteiger partial charge in [-0.3, -0.25) is 0 Å². The molecule has 0 radical (unpaired) electrons. The second-order valence-corrected chi connectivity index (χ2v) is 3.58. The van der Waals surface area contributed by atoms with Gasteiger partial charge in [-0.25, -0.2) is 9.97 Å². The molecular weight excluding hydrogens is 178 g/mol. The molecule has 1 heterocycles. The topological polar surface area (TPSA) is 87.6 Å². The Bertz CT molecular complexity index is 352. The fourth-order valence-corrected chi connectivity index (χ4v) is 0.883. The molecule has 0 atom stereocenters. The molecule has 74 valence electrons. The lowest BCUT2D eigenvalue weighted by Crippen LogP contribution is -2.39. The highest BCUT2D eigenvalue weighted by Gasteiger charge is 2.17. The summed E-state index contributed by atoms with van der Waals surface area (Å²) in [6.07, 6.45) is 3.02. The minimum absolute atomic E-state index is 0.286. The first-order valence-electron chi connectivity index (χ1n) is 4.28. The Morgan fingerprint density at radius 2 is 2.14 bits per heavy atom. The predicted molar refractivity (Wildman–Crippen MR) is 53.5 cm³/mol. The molecule has 1 aromatic heterocycles. The molecule has 0 aliphatic carbocycles. The van der Waals surface area contributed by atoms with Crippen molar-refractivity contribution in [3.8, 4) is 6.07 Å². The van der Waals surface area contributed by atoms with Gasteiger partial charge in [-0.2, -0.15) is 5.26 Å². The largest absolute Gasteiger partial charge is 0.362 e. The lowest BCUT2D eigenvalue weighted by molar-refractivity contribution is 0.576. The fourth-order valence-electron chi connectivity index (χ4n) is 0.883. The lowest BCUT2D eigenvalue weighted by atomic mass is 10.1. The highest BCUT2D eigenvalue weighted by atomic mass is 15.1. The Kier molecular flexibility index (Phi) is 2.99. The number of nitrogens with two attached hydrogens (primary N) is 1. The molecule has 1 rings (SSSR count). The molecule has 5 heteroatoms. The van der Waals surface area contributed by atoms with Gasteiger partial charge in [-0.05, 0) is 13.8 Å². The van der Waals surface area contributed by atoms with Gasteiger partial charge < -0.3 is 11.1 Å². The average Bonchev–Trinajstić information content (AvgIpc) is 2.18. The molecule has 0 bridgehead atoms. The van der Waals surface area contributed by atoms with E-state index < -0.39 is 0 Å². The summed E-state index contributed by atoms with van der Waals surface area (Å²) in [5, 5.41) is 11.8. The molecule has 0 aliphatic rings. The van der Waals surface area contributed by atoms with E-state index >= 15 is 0 Å². The molecule has 3 N–H and O–H groups in total. The number of anilines is 1. The zero-order chi connectivity index (χ0) is 10.6. The molecular formula is C9H13N5. The molecule has 0 aliphatic heterocycles. The summed E-state index contributed by atoms with van der Waals surface area (Å²) in [7, 11) is 0. The summed E-state index contributed by atoms with van der Waals surface area (Å²) in [4.78, 5) is 7.92. The number of aromatic nitrogens is 2. The van der Waals surface area contributed by atoms with Crippen molar-refractivity contribution in [2.24, 2.45) is 5.73 Å². The first kappa shape index (κ1) is 10.4. The second-order valence-electron chi connectivity index (χ2n) is 3.58. The predicted octanol–water partition coefficient (Wildman–Crippen LogP) is 0.497. The maximum Gasteiger partial charge on any atom is 0.182 e. The van der Waals surface area contributed by atoms with Crippen molar-refractivity contribution in [2.75, 3.05) is 11.9 Å². The Labute approximate surface area is 83.0 Å². The van der Waals surface area contributed by atoms with E-state index in [0.29, 0.717) is 12.4 Å². The van der Waals surface area contributed by atoms with Gasteiger partial charge >= 0.3 is 0 Å². The monoisotopic (exact) mass is 191 g/mol. The van der Waals surface area contributed by atoms with E-state index in [-0.39, 0.29) is 11.2 Å². The van der Waals surface area contributed by atoms with Crippen LogP contribution in [0.15, 0.2) is 12.4 Å². The Morgan fingerprint density at radius 3 is 2.71 bits per heavy atom. The molecule has 5 nitrogen and oxygen atoms in total. The second kappa shape index (κ2) is 4.03. The maximum atomic E-state index is 8.76. The number of rotatable bonds is 3. The van der Waals surface area contributed by atoms with Gasteiger partial charge in [0.05, 0.1) is 0 Å². The van der Waals surface area contributed by atoms with E-state index in [0.717, 1.165) is 0 Å². The average molecular weight is 191 g/mol. The van der Waals surface area contributed by atoms with Crippen molar-refractivity contribution in [2.45, 2.75) is 19.4 Å². The van der Waals surface area contributed by atoms with Gasteiger partial charge in [-0.15, -0.1) is 0 Å². The van der Waals surface area contributed by atoms with Crippen LogP contribution in [0.25, 0.3) is 0 Å². The normalized spacial score (nSPS) is 10.7. The van der Waals surface area contributed by atoms with Crippen LogP contribution in [0, 0.1) is 11.3 Å².